The molecule has 0 unspecified atom stereocenters. The number of β-amino-alcohol motifs (C(OH)–C–C–N with tert-alkyl or cyclic N) is 1. The van der Waals surface area contributed by atoms with Crippen molar-refractivity contribution in [1.29, 1.82) is 0 Å². The number of rotatable bonds is 6. The van der Waals surface area contributed by atoms with Crippen LogP contribution in [-0.4, -0.2) is 45.0 Å². The summed E-state index contributed by atoms with van der Waals surface area (Å²) >= 11 is 0. The second kappa shape index (κ2) is 6.33. The Morgan fingerprint density at radius 3 is 2.59 bits per heavy atom. The number of aliphatic hydroxyl groups excluding tert-OH is 2. The number of amides is 2. The zero-order valence-electron chi connectivity index (χ0n) is 11.4. The van der Waals surface area contributed by atoms with Crippen LogP contribution in [0.2, 0.25) is 0 Å². The summed E-state index contributed by atoms with van der Waals surface area (Å²) in [7, 11) is 0. The molecule has 1 heterocycles. The quantitative estimate of drug-likeness (QED) is 0.374. The highest BCUT2D eigenvalue weighted by atomic mass is 16.6. The van der Waals surface area contributed by atoms with Gasteiger partial charge in [-0.05, 0) is 0 Å². The molecule has 2 amide bonds. The Labute approximate surface area is 124 Å². The molecular weight excluding hydrogens is 294 g/mol. The maximum Gasteiger partial charge on any atom is 0.293 e. The number of imide groups is 1. The number of nitro benzene ring substituents is 1. The number of nitrogens with one attached hydrogen (secondary N) is 1. The van der Waals surface area contributed by atoms with Crippen LogP contribution in [0, 0.1) is 10.1 Å². The van der Waals surface area contributed by atoms with E-state index in [-0.39, 0.29) is 35.8 Å². The van der Waals surface area contributed by atoms with Gasteiger partial charge < -0.3 is 15.5 Å². The van der Waals surface area contributed by atoms with Crippen LogP contribution in [-0.2, 0) is 16.2 Å². The predicted octanol–water partition coefficient (Wildman–Crippen LogP) is -0.256. The van der Waals surface area contributed by atoms with Gasteiger partial charge in [0.15, 0.2) is 0 Å². The highest BCUT2D eigenvalue weighted by molar-refractivity contribution is 6.17. The average Bonchev–Trinajstić information content (AvgIpc) is 2.75. The predicted molar refractivity (Wildman–Crippen MR) is 74.5 cm³/mol. The van der Waals surface area contributed by atoms with Gasteiger partial charge in [-0.1, -0.05) is 12.1 Å². The smallest absolute Gasteiger partial charge is 0.293 e. The summed E-state index contributed by atoms with van der Waals surface area (Å²) in [5, 5.41) is 31.7. The lowest BCUT2D eigenvalue weighted by Gasteiger charge is -2.14. The minimum Gasteiger partial charge on any atom is -0.395 e. The molecule has 3 N–H and O–H groups in total. The lowest BCUT2D eigenvalue weighted by Crippen LogP contribution is -2.34. The number of hydrogen-bond donors (Lipinski definition) is 3. The largest absolute Gasteiger partial charge is 0.395 e. The van der Waals surface area contributed by atoms with Crippen molar-refractivity contribution in [2.24, 2.45) is 0 Å². The molecule has 0 atom stereocenters. The Morgan fingerprint density at radius 2 is 2.00 bits per heavy atom. The first kappa shape index (κ1) is 15.6. The summed E-state index contributed by atoms with van der Waals surface area (Å²) in [4.78, 5) is 34.9. The van der Waals surface area contributed by atoms with Gasteiger partial charge in [-0.25, -0.2) is 0 Å². The average molecular weight is 307 g/mol. The molecule has 1 aromatic rings. The third kappa shape index (κ3) is 2.80. The molecule has 0 spiro atoms. The topological polar surface area (TPSA) is 133 Å². The number of para-hydroxylation sites is 1. The minimum absolute atomic E-state index is 0.0479. The van der Waals surface area contributed by atoms with Gasteiger partial charge in [-0.15, -0.1) is 0 Å². The Morgan fingerprint density at radius 1 is 1.27 bits per heavy atom. The van der Waals surface area contributed by atoms with Crippen molar-refractivity contribution in [2.45, 2.75) is 6.61 Å². The number of nitro groups is 1. The van der Waals surface area contributed by atoms with Gasteiger partial charge in [0, 0.05) is 17.7 Å². The highest BCUT2D eigenvalue weighted by Crippen LogP contribution is 2.30. The third-order valence-corrected chi connectivity index (χ3v) is 3.09. The summed E-state index contributed by atoms with van der Waals surface area (Å²) < 4.78 is 0. The molecule has 22 heavy (non-hydrogen) atoms. The van der Waals surface area contributed by atoms with Crippen molar-refractivity contribution in [2.75, 3.05) is 18.5 Å². The molecule has 1 aliphatic heterocycles. The molecule has 0 aliphatic carbocycles. The van der Waals surface area contributed by atoms with Crippen LogP contribution in [0.1, 0.15) is 5.56 Å². The minimum atomic E-state index is -0.693. The summed E-state index contributed by atoms with van der Waals surface area (Å²) in [5.41, 5.74) is -0.306. The number of carbonyl (C=O) groups excluding carboxylic acids is 2. The number of hydrogen-bond acceptors (Lipinski definition) is 7. The van der Waals surface area contributed by atoms with Crippen molar-refractivity contribution in [3.05, 3.63) is 45.6 Å². The summed E-state index contributed by atoms with van der Waals surface area (Å²) in [6, 6.07) is 4.08. The van der Waals surface area contributed by atoms with Crippen LogP contribution in [0.15, 0.2) is 30.0 Å². The van der Waals surface area contributed by atoms with E-state index in [9.17, 15) is 24.8 Å². The van der Waals surface area contributed by atoms with Crippen molar-refractivity contribution in [1.82, 2.24) is 4.90 Å². The second-order valence-corrected chi connectivity index (χ2v) is 4.43. The highest BCUT2D eigenvalue weighted by Gasteiger charge is 2.32. The Balaban J connectivity index is 2.36. The molecule has 0 radical (unpaired) electrons. The molecule has 0 saturated carbocycles. The molecule has 9 heteroatoms. The van der Waals surface area contributed by atoms with Crippen LogP contribution in [0.25, 0.3) is 0 Å². The summed E-state index contributed by atoms with van der Waals surface area (Å²) in [6.07, 6.45) is 0.996. The zero-order chi connectivity index (χ0) is 16.3. The van der Waals surface area contributed by atoms with Crippen molar-refractivity contribution < 1.29 is 24.7 Å². The lowest BCUT2D eigenvalue weighted by atomic mass is 10.1. The van der Waals surface area contributed by atoms with Gasteiger partial charge in [-0.2, -0.15) is 0 Å². The fourth-order valence-corrected chi connectivity index (χ4v) is 2.06. The third-order valence-electron chi connectivity index (χ3n) is 3.09. The van der Waals surface area contributed by atoms with Gasteiger partial charge in [-0.3, -0.25) is 24.6 Å². The molecular formula is C13H13N3O6. The van der Waals surface area contributed by atoms with Gasteiger partial charge >= 0.3 is 0 Å². The maximum absolute atomic E-state index is 12.0. The van der Waals surface area contributed by atoms with Gasteiger partial charge in [0.25, 0.3) is 17.5 Å². The monoisotopic (exact) mass is 307 g/mol. The van der Waals surface area contributed by atoms with E-state index in [0.29, 0.717) is 0 Å². The number of nitrogens with zero attached hydrogens (tertiary/aromatic N) is 2. The molecule has 116 valence electrons. The van der Waals surface area contributed by atoms with Gasteiger partial charge in [0.05, 0.1) is 24.7 Å². The van der Waals surface area contributed by atoms with Gasteiger partial charge in [0.2, 0.25) is 0 Å². The SMILES string of the molecule is O=C1C=C(Nc2c(CO)cccc2[N+](=O)[O-])C(=O)N1CCO. The fourth-order valence-electron chi connectivity index (χ4n) is 2.06. The van der Waals surface area contributed by atoms with Crippen LogP contribution < -0.4 is 5.32 Å². The van der Waals surface area contributed by atoms with E-state index in [2.05, 4.69) is 5.32 Å². The van der Waals surface area contributed by atoms with Crippen molar-refractivity contribution in [3.63, 3.8) is 0 Å². The number of carbonyl (C=O) groups is 2. The Kier molecular flexibility index (Phi) is 4.49. The van der Waals surface area contributed by atoms with Crippen LogP contribution in [0.5, 0.6) is 0 Å². The van der Waals surface area contributed by atoms with Crippen LogP contribution in [0.4, 0.5) is 11.4 Å². The lowest BCUT2D eigenvalue weighted by molar-refractivity contribution is -0.384. The van der Waals surface area contributed by atoms with E-state index in [1.165, 1.54) is 18.2 Å². The molecule has 1 aromatic carbocycles. The number of anilines is 1. The van der Waals surface area contributed by atoms with Crippen molar-refractivity contribution >= 4 is 23.2 Å². The fraction of sp³-hybridized carbons (Fsp3) is 0.231. The standard InChI is InChI=1S/C13H13N3O6/c17-5-4-15-11(19)6-9(13(15)20)14-12-8(7-18)2-1-3-10(12)16(21)22/h1-3,6,14,17-18H,4-5,7H2. The van der Waals surface area contributed by atoms with Crippen molar-refractivity contribution in [3.8, 4) is 0 Å². The Hall–Kier alpha value is -2.78. The normalized spacial score (nSPS) is 14.3. The summed E-state index contributed by atoms with van der Waals surface area (Å²) in [5.74, 6) is -1.31. The first-order chi connectivity index (χ1) is 10.5. The molecule has 0 fully saturated rings. The van der Waals surface area contributed by atoms with E-state index in [1.807, 2.05) is 0 Å². The van der Waals surface area contributed by atoms with Crippen LogP contribution in [0.3, 0.4) is 0 Å². The van der Waals surface area contributed by atoms with E-state index in [0.717, 1.165) is 11.0 Å². The second-order valence-electron chi connectivity index (χ2n) is 4.43. The molecule has 1 aliphatic rings. The summed E-state index contributed by atoms with van der Waals surface area (Å²) in [6.45, 7) is -1.02. The van der Waals surface area contributed by atoms with E-state index in [1.54, 1.807) is 0 Å². The van der Waals surface area contributed by atoms with Gasteiger partial charge in [0.1, 0.15) is 11.4 Å². The Bertz CT molecular complexity index is 670. The van der Waals surface area contributed by atoms with E-state index in [4.69, 9.17) is 5.11 Å². The molecule has 0 bridgehead atoms. The maximum atomic E-state index is 12.0. The van der Waals surface area contributed by atoms with E-state index < -0.39 is 23.3 Å². The number of benzene rings is 1. The first-order valence-electron chi connectivity index (χ1n) is 6.32. The molecule has 2 rings (SSSR count). The molecule has 9 nitrogen and oxygen atoms in total. The molecule has 0 aromatic heterocycles. The zero-order valence-corrected chi connectivity index (χ0v) is 11.4. The van der Waals surface area contributed by atoms with E-state index >= 15 is 0 Å². The molecule has 0 saturated heterocycles. The van der Waals surface area contributed by atoms with Crippen LogP contribution >= 0.6 is 0 Å². The first-order valence-corrected chi connectivity index (χ1v) is 6.32. The number of aliphatic hydroxyl groups is 2.